The number of rotatable bonds is 1. The molecule has 0 heterocycles. The Kier molecular flexibility index (Phi) is 6.19. The molecule has 0 aliphatic rings. The standard InChI is InChI=1S/C7H6O3.C3H6/c8-7(10-9)6-4-2-1-3-5-6;1-3-2/h1-5,9H;3H,1H2,2H3. The van der Waals surface area contributed by atoms with Gasteiger partial charge in [-0.2, -0.15) is 5.26 Å². The number of carbonyl (C=O) groups is 1. The molecule has 0 spiro atoms. The molecular formula is C10H12O3. The second kappa shape index (κ2) is 7.06. The Bertz CT molecular complexity index is 254. The molecule has 1 rings (SSSR count). The molecule has 0 bridgehead atoms. The normalized spacial score (nSPS) is 7.85. The molecule has 0 saturated heterocycles. The maximum atomic E-state index is 10.5. The monoisotopic (exact) mass is 180 g/mol. The maximum Gasteiger partial charge on any atom is 0.372 e. The predicted molar refractivity (Wildman–Crippen MR) is 50.4 cm³/mol. The van der Waals surface area contributed by atoms with E-state index in [1.54, 1.807) is 36.4 Å². The van der Waals surface area contributed by atoms with Crippen molar-refractivity contribution in [3.63, 3.8) is 0 Å². The Morgan fingerprint density at radius 3 is 2.31 bits per heavy atom. The Hall–Kier alpha value is -1.61. The summed E-state index contributed by atoms with van der Waals surface area (Å²) in [7, 11) is 0. The zero-order valence-corrected chi connectivity index (χ0v) is 7.43. The summed E-state index contributed by atoms with van der Waals surface area (Å²) in [6.07, 6.45) is 1.75. The van der Waals surface area contributed by atoms with Gasteiger partial charge in [0, 0.05) is 0 Å². The minimum atomic E-state index is -0.736. The fourth-order valence-electron chi connectivity index (χ4n) is 0.627. The molecule has 0 aromatic heterocycles. The third kappa shape index (κ3) is 4.76. The smallest absolute Gasteiger partial charge is 0.296 e. The van der Waals surface area contributed by atoms with Crippen LogP contribution in [0.3, 0.4) is 0 Å². The Labute approximate surface area is 77.2 Å². The topological polar surface area (TPSA) is 46.5 Å². The quantitative estimate of drug-likeness (QED) is 0.410. The molecular weight excluding hydrogens is 168 g/mol. The Morgan fingerprint density at radius 2 is 1.92 bits per heavy atom. The molecule has 13 heavy (non-hydrogen) atoms. The Morgan fingerprint density at radius 1 is 1.46 bits per heavy atom. The van der Waals surface area contributed by atoms with E-state index < -0.39 is 5.97 Å². The summed E-state index contributed by atoms with van der Waals surface area (Å²) >= 11 is 0. The van der Waals surface area contributed by atoms with Crippen molar-refractivity contribution in [2.45, 2.75) is 6.92 Å². The molecule has 0 fully saturated rings. The van der Waals surface area contributed by atoms with Crippen LogP contribution >= 0.6 is 0 Å². The van der Waals surface area contributed by atoms with E-state index in [0.717, 1.165) is 0 Å². The van der Waals surface area contributed by atoms with Crippen molar-refractivity contribution < 1.29 is 14.9 Å². The van der Waals surface area contributed by atoms with Gasteiger partial charge in [-0.05, 0) is 19.1 Å². The molecule has 0 radical (unpaired) electrons. The second-order valence-electron chi connectivity index (χ2n) is 2.15. The highest BCUT2D eigenvalue weighted by Gasteiger charge is 2.02. The van der Waals surface area contributed by atoms with Crippen LogP contribution in [0.2, 0.25) is 0 Å². The van der Waals surface area contributed by atoms with Crippen LogP contribution in [-0.2, 0) is 4.89 Å². The highest BCUT2D eigenvalue weighted by atomic mass is 17.1. The summed E-state index contributed by atoms with van der Waals surface area (Å²) < 4.78 is 0. The van der Waals surface area contributed by atoms with Crippen molar-refractivity contribution in [2.24, 2.45) is 0 Å². The summed E-state index contributed by atoms with van der Waals surface area (Å²) in [5.74, 6) is -0.736. The van der Waals surface area contributed by atoms with E-state index in [9.17, 15) is 4.79 Å². The lowest BCUT2D eigenvalue weighted by Gasteiger charge is -1.92. The van der Waals surface area contributed by atoms with Gasteiger partial charge in [0.2, 0.25) is 0 Å². The van der Waals surface area contributed by atoms with E-state index in [2.05, 4.69) is 11.5 Å². The van der Waals surface area contributed by atoms with Crippen LogP contribution in [0.5, 0.6) is 0 Å². The van der Waals surface area contributed by atoms with E-state index in [1.165, 1.54) is 0 Å². The van der Waals surface area contributed by atoms with E-state index in [-0.39, 0.29) is 0 Å². The molecule has 0 aliphatic carbocycles. The van der Waals surface area contributed by atoms with Crippen LogP contribution in [0.25, 0.3) is 0 Å². The summed E-state index contributed by atoms with van der Waals surface area (Å²) in [6.45, 7) is 5.25. The molecule has 0 amide bonds. The summed E-state index contributed by atoms with van der Waals surface area (Å²) in [5, 5.41) is 7.94. The number of carbonyl (C=O) groups excluding carboxylic acids is 1. The zero-order valence-electron chi connectivity index (χ0n) is 7.43. The van der Waals surface area contributed by atoms with Gasteiger partial charge in [-0.25, -0.2) is 4.79 Å². The van der Waals surface area contributed by atoms with Gasteiger partial charge >= 0.3 is 5.97 Å². The molecule has 0 atom stereocenters. The second-order valence-corrected chi connectivity index (χ2v) is 2.15. The molecule has 3 nitrogen and oxygen atoms in total. The third-order valence-corrected chi connectivity index (χ3v) is 1.09. The first-order valence-electron chi connectivity index (χ1n) is 3.74. The van der Waals surface area contributed by atoms with E-state index >= 15 is 0 Å². The van der Waals surface area contributed by atoms with Crippen LogP contribution in [0.15, 0.2) is 43.0 Å². The van der Waals surface area contributed by atoms with E-state index in [1.807, 2.05) is 6.92 Å². The first-order valence-corrected chi connectivity index (χ1v) is 3.74. The summed E-state index contributed by atoms with van der Waals surface area (Å²) in [5.41, 5.74) is 0.338. The Balaban J connectivity index is 0.000000424. The summed E-state index contributed by atoms with van der Waals surface area (Å²) in [4.78, 5) is 14.0. The van der Waals surface area contributed by atoms with Crippen LogP contribution in [0, 0.1) is 0 Å². The fraction of sp³-hybridized carbons (Fsp3) is 0.100. The molecule has 1 N–H and O–H groups in total. The number of allylic oxidation sites excluding steroid dienone is 1. The summed E-state index contributed by atoms with van der Waals surface area (Å²) in [6, 6.07) is 8.25. The minimum Gasteiger partial charge on any atom is -0.296 e. The van der Waals surface area contributed by atoms with Crippen molar-refractivity contribution in [3.8, 4) is 0 Å². The lowest BCUT2D eigenvalue weighted by Crippen LogP contribution is -2.00. The van der Waals surface area contributed by atoms with Crippen molar-refractivity contribution in [1.82, 2.24) is 0 Å². The number of hydrogen-bond acceptors (Lipinski definition) is 3. The van der Waals surface area contributed by atoms with Gasteiger partial charge in [-0.1, -0.05) is 24.3 Å². The lowest BCUT2D eigenvalue weighted by molar-refractivity contribution is -0.182. The van der Waals surface area contributed by atoms with Gasteiger partial charge in [0.1, 0.15) is 0 Å². The molecule has 3 heteroatoms. The highest BCUT2D eigenvalue weighted by Crippen LogP contribution is 1.98. The van der Waals surface area contributed by atoms with Gasteiger partial charge in [0.15, 0.2) is 0 Å². The van der Waals surface area contributed by atoms with Crippen molar-refractivity contribution in [2.75, 3.05) is 0 Å². The van der Waals surface area contributed by atoms with E-state index in [4.69, 9.17) is 5.26 Å². The SMILES string of the molecule is C=CC.O=C(OO)c1ccccc1. The lowest BCUT2D eigenvalue weighted by atomic mass is 10.2. The third-order valence-electron chi connectivity index (χ3n) is 1.09. The van der Waals surface area contributed by atoms with Gasteiger partial charge in [-0.3, -0.25) is 4.89 Å². The molecule has 70 valence electrons. The van der Waals surface area contributed by atoms with Gasteiger partial charge < -0.3 is 0 Å². The van der Waals surface area contributed by atoms with Crippen LogP contribution in [0.1, 0.15) is 17.3 Å². The number of hydrogen-bond donors (Lipinski definition) is 1. The zero-order chi connectivity index (χ0) is 10.1. The van der Waals surface area contributed by atoms with Crippen molar-refractivity contribution >= 4 is 5.97 Å². The minimum absolute atomic E-state index is 0.338. The molecule has 1 aromatic rings. The van der Waals surface area contributed by atoms with Gasteiger partial charge in [0.05, 0.1) is 5.56 Å². The van der Waals surface area contributed by atoms with E-state index in [0.29, 0.717) is 5.56 Å². The van der Waals surface area contributed by atoms with Crippen molar-refractivity contribution in [3.05, 3.63) is 48.6 Å². The predicted octanol–water partition coefficient (Wildman–Crippen LogP) is 2.51. The van der Waals surface area contributed by atoms with Crippen LogP contribution in [0.4, 0.5) is 0 Å². The molecule has 0 saturated carbocycles. The van der Waals surface area contributed by atoms with Gasteiger partial charge in [0.25, 0.3) is 0 Å². The van der Waals surface area contributed by atoms with Gasteiger partial charge in [-0.15, -0.1) is 6.58 Å². The molecule has 0 unspecified atom stereocenters. The molecule has 1 aromatic carbocycles. The largest absolute Gasteiger partial charge is 0.372 e. The van der Waals surface area contributed by atoms with Crippen LogP contribution in [-0.4, -0.2) is 11.2 Å². The van der Waals surface area contributed by atoms with Crippen LogP contribution < -0.4 is 0 Å². The fourth-order valence-corrected chi connectivity index (χ4v) is 0.627. The average molecular weight is 180 g/mol. The van der Waals surface area contributed by atoms with Crippen molar-refractivity contribution in [1.29, 1.82) is 0 Å². The maximum absolute atomic E-state index is 10.5. The first kappa shape index (κ1) is 11.4. The molecule has 0 aliphatic heterocycles. The number of benzene rings is 1. The average Bonchev–Trinajstić information content (AvgIpc) is 2.19. The highest BCUT2D eigenvalue weighted by molar-refractivity contribution is 5.88. The first-order chi connectivity index (χ1) is 6.26.